The normalized spacial score (nSPS) is 16.0. The fourth-order valence-corrected chi connectivity index (χ4v) is 4.81. The smallest absolute Gasteiger partial charge is 0.255 e. The molecule has 0 radical (unpaired) electrons. The Morgan fingerprint density at radius 2 is 1.73 bits per heavy atom. The van der Waals surface area contributed by atoms with Gasteiger partial charge in [0.05, 0.1) is 21.5 Å². The van der Waals surface area contributed by atoms with Crippen LogP contribution in [0, 0.1) is 0 Å². The zero-order chi connectivity index (χ0) is 21.1. The molecule has 4 rings (SSSR count). The number of nitrogens with one attached hydrogen (secondary N) is 1. The van der Waals surface area contributed by atoms with E-state index in [-0.39, 0.29) is 17.2 Å². The molecule has 3 aromatic carbocycles. The molecule has 152 valence electrons. The summed E-state index contributed by atoms with van der Waals surface area (Å²) in [6.07, 6.45) is 0. The number of rotatable bonds is 5. The van der Waals surface area contributed by atoms with Gasteiger partial charge in [-0.15, -0.1) is 11.8 Å². The summed E-state index contributed by atoms with van der Waals surface area (Å²) in [5.41, 5.74) is 3.04. The van der Waals surface area contributed by atoms with E-state index in [2.05, 4.69) is 5.32 Å². The molecule has 0 aliphatic carbocycles. The number of hydrogen-bond acceptors (Lipinski definition) is 3. The summed E-state index contributed by atoms with van der Waals surface area (Å²) in [6, 6.07) is 22.3. The highest BCUT2D eigenvalue weighted by molar-refractivity contribution is 8.00. The van der Waals surface area contributed by atoms with E-state index in [0.717, 1.165) is 11.1 Å². The molecule has 1 saturated heterocycles. The van der Waals surface area contributed by atoms with Gasteiger partial charge in [-0.3, -0.25) is 9.59 Å². The van der Waals surface area contributed by atoms with E-state index in [1.54, 1.807) is 42.1 Å². The third-order valence-electron chi connectivity index (χ3n) is 4.82. The van der Waals surface area contributed by atoms with E-state index >= 15 is 0 Å². The topological polar surface area (TPSA) is 49.4 Å². The molecular formula is C23H18Cl2N2O2S. The van der Waals surface area contributed by atoms with Gasteiger partial charge in [0.2, 0.25) is 5.91 Å². The Morgan fingerprint density at radius 3 is 2.47 bits per heavy atom. The maximum Gasteiger partial charge on any atom is 0.255 e. The molecule has 7 heteroatoms. The first-order valence-electron chi connectivity index (χ1n) is 9.33. The number of halogens is 2. The van der Waals surface area contributed by atoms with Gasteiger partial charge >= 0.3 is 0 Å². The van der Waals surface area contributed by atoms with Crippen LogP contribution in [0.4, 0.5) is 5.69 Å². The fraction of sp³-hybridized carbons (Fsp3) is 0.130. The number of anilines is 1. The van der Waals surface area contributed by atoms with Gasteiger partial charge in [-0.05, 0) is 35.4 Å². The lowest BCUT2D eigenvalue weighted by Crippen LogP contribution is -2.27. The monoisotopic (exact) mass is 456 g/mol. The lowest BCUT2D eigenvalue weighted by atomic mass is 10.1. The highest BCUT2D eigenvalue weighted by Crippen LogP contribution is 2.39. The first kappa shape index (κ1) is 20.8. The van der Waals surface area contributed by atoms with Crippen LogP contribution in [0.2, 0.25) is 10.0 Å². The average molecular weight is 457 g/mol. The predicted molar refractivity (Wildman–Crippen MR) is 123 cm³/mol. The van der Waals surface area contributed by atoms with Crippen molar-refractivity contribution in [3.63, 3.8) is 0 Å². The molecule has 1 aliphatic rings. The summed E-state index contributed by atoms with van der Waals surface area (Å²) in [6.45, 7) is 0.562. The Morgan fingerprint density at radius 1 is 1.00 bits per heavy atom. The van der Waals surface area contributed by atoms with Gasteiger partial charge in [-0.1, -0.05) is 71.7 Å². The molecule has 0 spiro atoms. The second-order valence-electron chi connectivity index (χ2n) is 6.85. The SMILES string of the molecule is O=C(Nc1cccc(Cl)c1Cl)c1ccc([C@@H]2SCC(=O)N2Cc2ccccc2)cc1. The Labute approximate surface area is 189 Å². The molecule has 1 N–H and O–H groups in total. The average Bonchev–Trinajstić information content (AvgIpc) is 3.12. The number of nitrogens with zero attached hydrogens (tertiary/aromatic N) is 1. The minimum atomic E-state index is -0.276. The fourth-order valence-electron chi connectivity index (χ4n) is 3.28. The van der Waals surface area contributed by atoms with Gasteiger partial charge in [0, 0.05) is 12.1 Å². The molecule has 4 nitrogen and oxygen atoms in total. The van der Waals surface area contributed by atoms with E-state index in [1.165, 1.54) is 0 Å². The molecule has 1 heterocycles. The van der Waals surface area contributed by atoms with Crippen molar-refractivity contribution in [1.82, 2.24) is 4.90 Å². The number of thioether (sulfide) groups is 1. The number of hydrogen-bond donors (Lipinski definition) is 1. The molecule has 1 fully saturated rings. The van der Waals surface area contributed by atoms with Crippen LogP contribution in [0.1, 0.15) is 26.9 Å². The second-order valence-corrected chi connectivity index (χ2v) is 8.70. The minimum Gasteiger partial charge on any atom is -0.322 e. The maximum atomic E-state index is 12.6. The maximum absolute atomic E-state index is 12.6. The van der Waals surface area contributed by atoms with Gasteiger partial charge < -0.3 is 10.2 Å². The molecule has 1 aliphatic heterocycles. The zero-order valence-electron chi connectivity index (χ0n) is 15.8. The van der Waals surface area contributed by atoms with E-state index in [0.29, 0.717) is 33.6 Å². The Kier molecular flexibility index (Phi) is 6.32. The molecule has 0 unspecified atom stereocenters. The van der Waals surface area contributed by atoms with Crippen molar-refractivity contribution in [2.75, 3.05) is 11.1 Å². The zero-order valence-corrected chi connectivity index (χ0v) is 18.2. The molecule has 0 saturated carbocycles. The summed E-state index contributed by atoms with van der Waals surface area (Å²) in [7, 11) is 0. The second kappa shape index (κ2) is 9.13. The molecule has 2 amide bonds. The number of amides is 2. The first-order valence-corrected chi connectivity index (χ1v) is 11.1. The van der Waals surface area contributed by atoms with Crippen molar-refractivity contribution in [2.24, 2.45) is 0 Å². The van der Waals surface area contributed by atoms with E-state index < -0.39 is 0 Å². The molecular weight excluding hydrogens is 439 g/mol. The predicted octanol–water partition coefficient (Wildman–Crippen LogP) is 6.02. The van der Waals surface area contributed by atoms with Crippen LogP contribution in [0.25, 0.3) is 0 Å². The van der Waals surface area contributed by atoms with Gasteiger partial charge in [0.15, 0.2) is 0 Å². The van der Waals surface area contributed by atoms with Crippen molar-refractivity contribution in [2.45, 2.75) is 11.9 Å². The van der Waals surface area contributed by atoms with Crippen LogP contribution < -0.4 is 5.32 Å². The lowest BCUT2D eigenvalue weighted by Gasteiger charge is -2.24. The number of carbonyl (C=O) groups is 2. The first-order chi connectivity index (χ1) is 14.5. The highest BCUT2D eigenvalue weighted by atomic mass is 35.5. The van der Waals surface area contributed by atoms with Gasteiger partial charge in [0.1, 0.15) is 5.37 Å². The van der Waals surface area contributed by atoms with Crippen molar-refractivity contribution < 1.29 is 9.59 Å². The summed E-state index contributed by atoms with van der Waals surface area (Å²) in [4.78, 5) is 26.9. The van der Waals surface area contributed by atoms with Crippen molar-refractivity contribution in [3.05, 3.63) is 99.5 Å². The van der Waals surface area contributed by atoms with E-state index in [4.69, 9.17) is 23.2 Å². The molecule has 3 aromatic rings. The summed E-state index contributed by atoms with van der Waals surface area (Å²) >= 11 is 13.7. The summed E-state index contributed by atoms with van der Waals surface area (Å²) in [5, 5.41) is 3.40. The standard InChI is InChI=1S/C23H18Cl2N2O2S/c24-18-7-4-8-19(21(18)25)26-22(29)16-9-11-17(12-10-16)23-27(20(28)14-30-23)13-15-5-2-1-3-6-15/h1-12,23H,13-14H2,(H,26,29)/t23-/m0/s1. The number of carbonyl (C=O) groups excluding carboxylic acids is 2. The third kappa shape index (κ3) is 4.48. The molecule has 1 atom stereocenters. The molecule has 0 aromatic heterocycles. The largest absolute Gasteiger partial charge is 0.322 e. The number of benzene rings is 3. The van der Waals surface area contributed by atoms with Crippen molar-refractivity contribution in [1.29, 1.82) is 0 Å². The highest BCUT2D eigenvalue weighted by Gasteiger charge is 2.32. The summed E-state index contributed by atoms with van der Waals surface area (Å²) < 4.78 is 0. The Balaban J connectivity index is 1.49. The lowest BCUT2D eigenvalue weighted by molar-refractivity contribution is -0.128. The van der Waals surface area contributed by atoms with Crippen LogP contribution in [0.5, 0.6) is 0 Å². The van der Waals surface area contributed by atoms with E-state index in [9.17, 15) is 9.59 Å². The third-order valence-corrected chi connectivity index (χ3v) is 6.90. The summed E-state index contributed by atoms with van der Waals surface area (Å²) in [5.74, 6) is 0.292. The van der Waals surface area contributed by atoms with Gasteiger partial charge in [-0.25, -0.2) is 0 Å². The van der Waals surface area contributed by atoms with Gasteiger partial charge in [-0.2, -0.15) is 0 Å². The Bertz CT molecular complexity index is 1070. The quantitative estimate of drug-likeness (QED) is 0.510. The van der Waals surface area contributed by atoms with E-state index in [1.807, 2.05) is 47.4 Å². The van der Waals surface area contributed by atoms with Crippen LogP contribution in [-0.4, -0.2) is 22.5 Å². The van der Waals surface area contributed by atoms with Crippen LogP contribution in [0.3, 0.4) is 0 Å². The van der Waals surface area contributed by atoms with Crippen LogP contribution >= 0.6 is 35.0 Å². The molecule has 0 bridgehead atoms. The minimum absolute atomic E-state index is 0.0720. The van der Waals surface area contributed by atoms with Crippen molar-refractivity contribution in [3.8, 4) is 0 Å². The Hall–Kier alpha value is -2.47. The molecule has 30 heavy (non-hydrogen) atoms. The van der Waals surface area contributed by atoms with Crippen LogP contribution in [0.15, 0.2) is 72.8 Å². The van der Waals surface area contributed by atoms with Gasteiger partial charge in [0.25, 0.3) is 5.91 Å². The van der Waals surface area contributed by atoms with Crippen LogP contribution in [-0.2, 0) is 11.3 Å². The van der Waals surface area contributed by atoms with Crippen molar-refractivity contribution >= 4 is 52.5 Å².